The van der Waals surface area contributed by atoms with Gasteiger partial charge in [0.2, 0.25) is 5.91 Å². The second kappa shape index (κ2) is 10.7. The lowest BCUT2D eigenvalue weighted by Gasteiger charge is -2.13. The zero-order valence-corrected chi connectivity index (χ0v) is 20.0. The first-order chi connectivity index (χ1) is 16.0. The van der Waals surface area contributed by atoms with Crippen molar-refractivity contribution in [1.82, 2.24) is 14.9 Å². The molecule has 0 bridgehead atoms. The maximum Gasteiger partial charge on any atom is 0.224 e. The zero-order chi connectivity index (χ0) is 23.2. The number of halogens is 1. The summed E-state index contributed by atoms with van der Waals surface area (Å²) in [6.07, 6.45) is 2.15. The van der Waals surface area contributed by atoms with E-state index in [0.29, 0.717) is 30.3 Å². The third-order valence-corrected chi connectivity index (χ3v) is 6.44. The number of benzene rings is 3. The molecule has 1 atom stereocenters. The number of carbonyl (C=O) groups excluding carboxylic acids is 1. The fourth-order valence-corrected chi connectivity index (χ4v) is 4.15. The molecule has 4 nitrogen and oxygen atoms in total. The molecule has 4 aromatic rings. The van der Waals surface area contributed by atoms with Gasteiger partial charge in [0.1, 0.15) is 5.82 Å². The van der Waals surface area contributed by atoms with E-state index in [-0.39, 0.29) is 5.91 Å². The number of rotatable bonds is 9. The largest absolute Gasteiger partial charge is 0.355 e. The van der Waals surface area contributed by atoms with E-state index in [2.05, 4.69) is 54.1 Å². The normalized spacial score (nSPS) is 12.1. The predicted molar refractivity (Wildman–Crippen MR) is 136 cm³/mol. The molecule has 0 aliphatic carbocycles. The van der Waals surface area contributed by atoms with Gasteiger partial charge in [0.15, 0.2) is 0 Å². The summed E-state index contributed by atoms with van der Waals surface area (Å²) in [4.78, 5) is 17.2. The van der Waals surface area contributed by atoms with Crippen molar-refractivity contribution >= 4 is 28.5 Å². The second-order valence-electron chi connectivity index (χ2n) is 8.56. The zero-order valence-electron chi connectivity index (χ0n) is 19.2. The maximum atomic E-state index is 12.4. The molecule has 0 aliphatic heterocycles. The summed E-state index contributed by atoms with van der Waals surface area (Å²) in [6.45, 7) is 5.78. The minimum atomic E-state index is 0.000571. The Bertz CT molecular complexity index is 1210. The van der Waals surface area contributed by atoms with Gasteiger partial charge in [0, 0.05) is 24.5 Å². The standard InChI is InChI=1S/C28H30ClN3O/c1-3-20(2)23-12-8-22(9-13-23)19-32-26-7-5-4-6-25(26)31-27(32)16-17-30-28(33)18-21-10-14-24(29)15-11-21/h4-15,20H,3,16-19H2,1-2H3,(H,30,33). The van der Waals surface area contributed by atoms with Crippen LogP contribution in [0.5, 0.6) is 0 Å². The number of imidazole rings is 1. The van der Waals surface area contributed by atoms with Crippen LogP contribution in [-0.4, -0.2) is 22.0 Å². The van der Waals surface area contributed by atoms with Gasteiger partial charge in [0.25, 0.3) is 0 Å². The van der Waals surface area contributed by atoms with Crippen LogP contribution in [0, 0.1) is 0 Å². The van der Waals surface area contributed by atoms with Crippen LogP contribution in [0.3, 0.4) is 0 Å². The van der Waals surface area contributed by atoms with Crippen molar-refractivity contribution in [2.24, 2.45) is 0 Å². The molecule has 33 heavy (non-hydrogen) atoms. The highest BCUT2D eigenvalue weighted by atomic mass is 35.5. The van der Waals surface area contributed by atoms with E-state index in [1.807, 2.05) is 42.5 Å². The Kier molecular flexibility index (Phi) is 7.46. The van der Waals surface area contributed by atoms with E-state index in [1.54, 1.807) is 0 Å². The summed E-state index contributed by atoms with van der Waals surface area (Å²) in [5, 5.41) is 3.70. The van der Waals surface area contributed by atoms with Crippen molar-refractivity contribution in [2.75, 3.05) is 6.54 Å². The van der Waals surface area contributed by atoms with Crippen LogP contribution in [0.4, 0.5) is 0 Å². The van der Waals surface area contributed by atoms with Crippen LogP contribution in [0.15, 0.2) is 72.8 Å². The van der Waals surface area contributed by atoms with Crippen molar-refractivity contribution in [2.45, 2.75) is 45.6 Å². The molecule has 1 heterocycles. The first-order valence-electron chi connectivity index (χ1n) is 11.6. The number of fused-ring (bicyclic) bond motifs is 1. The van der Waals surface area contributed by atoms with E-state index >= 15 is 0 Å². The molecule has 1 N–H and O–H groups in total. The number of nitrogens with one attached hydrogen (secondary N) is 1. The molecule has 0 fully saturated rings. The van der Waals surface area contributed by atoms with E-state index < -0.39 is 0 Å². The van der Waals surface area contributed by atoms with Gasteiger partial charge in [0.05, 0.1) is 17.5 Å². The van der Waals surface area contributed by atoms with Crippen LogP contribution >= 0.6 is 11.6 Å². The highest BCUT2D eigenvalue weighted by molar-refractivity contribution is 6.30. The molecular weight excluding hydrogens is 430 g/mol. The first-order valence-corrected chi connectivity index (χ1v) is 12.0. The number of carbonyl (C=O) groups is 1. The van der Waals surface area contributed by atoms with E-state index in [9.17, 15) is 4.79 Å². The first kappa shape index (κ1) is 23.1. The fraction of sp³-hybridized carbons (Fsp3) is 0.286. The third kappa shape index (κ3) is 5.82. The maximum absolute atomic E-state index is 12.4. The van der Waals surface area contributed by atoms with E-state index in [1.165, 1.54) is 11.1 Å². The lowest BCUT2D eigenvalue weighted by atomic mass is 9.98. The Morgan fingerprint density at radius 3 is 2.42 bits per heavy atom. The molecule has 0 spiro atoms. The van der Waals surface area contributed by atoms with Crippen LogP contribution < -0.4 is 5.32 Å². The number of hydrogen-bond acceptors (Lipinski definition) is 2. The molecule has 0 saturated heterocycles. The van der Waals surface area contributed by atoms with Gasteiger partial charge in [-0.3, -0.25) is 4.79 Å². The molecule has 5 heteroatoms. The number of aromatic nitrogens is 2. The molecule has 170 valence electrons. The van der Waals surface area contributed by atoms with Crippen LogP contribution in [0.1, 0.15) is 48.7 Å². The Balaban J connectivity index is 1.44. The molecule has 3 aromatic carbocycles. The number of amides is 1. The van der Waals surface area contributed by atoms with E-state index in [4.69, 9.17) is 16.6 Å². The molecule has 0 aliphatic rings. The van der Waals surface area contributed by atoms with E-state index in [0.717, 1.165) is 35.4 Å². The van der Waals surface area contributed by atoms with Gasteiger partial charge in [-0.2, -0.15) is 0 Å². The van der Waals surface area contributed by atoms with Crippen molar-refractivity contribution in [3.8, 4) is 0 Å². The van der Waals surface area contributed by atoms with Gasteiger partial charge in [-0.05, 0) is 53.3 Å². The molecule has 0 saturated carbocycles. The van der Waals surface area contributed by atoms with Gasteiger partial charge < -0.3 is 9.88 Å². The summed E-state index contributed by atoms with van der Waals surface area (Å²) in [5.74, 6) is 1.55. The average molecular weight is 460 g/mol. The van der Waals surface area contributed by atoms with Crippen molar-refractivity contribution in [1.29, 1.82) is 0 Å². The smallest absolute Gasteiger partial charge is 0.224 e. The Morgan fingerprint density at radius 1 is 1.00 bits per heavy atom. The monoisotopic (exact) mass is 459 g/mol. The lowest BCUT2D eigenvalue weighted by molar-refractivity contribution is -0.120. The Hall–Kier alpha value is -3.11. The Labute approximate surface area is 200 Å². The highest BCUT2D eigenvalue weighted by Gasteiger charge is 2.12. The fourth-order valence-electron chi connectivity index (χ4n) is 4.03. The number of hydrogen-bond donors (Lipinski definition) is 1. The van der Waals surface area contributed by atoms with Gasteiger partial charge in [-0.25, -0.2) is 4.98 Å². The van der Waals surface area contributed by atoms with Gasteiger partial charge >= 0.3 is 0 Å². The second-order valence-corrected chi connectivity index (χ2v) is 8.99. The van der Waals surface area contributed by atoms with Gasteiger partial charge in [-0.15, -0.1) is 0 Å². The molecule has 1 unspecified atom stereocenters. The quantitative estimate of drug-likeness (QED) is 0.326. The predicted octanol–water partition coefficient (Wildman–Crippen LogP) is 6.15. The summed E-state index contributed by atoms with van der Waals surface area (Å²) >= 11 is 5.92. The summed E-state index contributed by atoms with van der Waals surface area (Å²) in [5.41, 5.74) is 5.67. The Morgan fingerprint density at radius 2 is 1.70 bits per heavy atom. The summed E-state index contributed by atoms with van der Waals surface area (Å²) in [6, 6.07) is 24.5. The number of para-hydroxylation sites is 2. The molecule has 0 radical (unpaired) electrons. The highest BCUT2D eigenvalue weighted by Crippen LogP contribution is 2.22. The van der Waals surface area contributed by atoms with Crippen molar-refractivity contribution in [3.63, 3.8) is 0 Å². The molecule has 4 rings (SSSR count). The van der Waals surface area contributed by atoms with Crippen molar-refractivity contribution < 1.29 is 4.79 Å². The van der Waals surface area contributed by atoms with Crippen LogP contribution in [0.2, 0.25) is 5.02 Å². The van der Waals surface area contributed by atoms with Gasteiger partial charge in [-0.1, -0.05) is 74.0 Å². The molecular formula is C28H30ClN3O. The molecule has 1 aromatic heterocycles. The summed E-state index contributed by atoms with van der Waals surface area (Å²) in [7, 11) is 0. The topological polar surface area (TPSA) is 46.9 Å². The minimum Gasteiger partial charge on any atom is -0.355 e. The molecule has 1 amide bonds. The average Bonchev–Trinajstić information content (AvgIpc) is 3.17. The number of nitrogens with zero attached hydrogens (tertiary/aromatic N) is 2. The SMILES string of the molecule is CCC(C)c1ccc(Cn2c(CCNC(=O)Cc3ccc(Cl)cc3)nc3ccccc32)cc1. The third-order valence-electron chi connectivity index (χ3n) is 6.18. The lowest BCUT2D eigenvalue weighted by Crippen LogP contribution is -2.28. The van der Waals surface area contributed by atoms with Crippen LogP contribution in [-0.2, 0) is 24.2 Å². The minimum absolute atomic E-state index is 0.000571. The summed E-state index contributed by atoms with van der Waals surface area (Å²) < 4.78 is 2.26. The van der Waals surface area contributed by atoms with Crippen molar-refractivity contribution in [3.05, 3.63) is 100 Å². The van der Waals surface area contributed by atoms with Crippen LogP contribution in [0.25, 0.3) is 11.0 Å².